The molecule has 0 fully saturated rings. The lowest BCUT2D eigenvalue weighted by molar-refractivity contribution is -0.111. The number of carbonyl (C=O) groups is 1. The molecule has 0 aliphatic carbocycles. The number of alkyl halides is 1. The highest BCUT2D eigenvalue weighted by Crippen LogP contribution is 2.36. The summed E-state index contributed by atoms with van der Waals surface area (Å²) in [5.74, 6) is -0.120. The summed E-state index contributed by atoms with van der Waals surface area (Å²) in [6.07, 6.45) is 1.71. The van der Waals surface area contributed by atoms with E-state index in [1.54, 1.807) is 11.1 Å². The van der Waals surface area contributed by atoms with Crippen LogP contribution in [0.4, 0.5) is 17.1 Å². The van der Waals surface area contributed by atoms with Crippen LogP contribution in [-0.4, -0.2) is 16.6 Å². The van der Waals surface area contributed by atoms with Gasteiger partial charge in [-0.05, 0) is 30.3 Å². The van der Waals surface area contributed by atoms with Crippen molar-refractivity contribution in [1.82, 2.24) is 4.98 Å². The van der Waals surface area contributed by atoms with Gasteiger partial charge in [-0.3, -0.25) is 14.7 Å². The average molecular weight is 439 g/mol. The Morgan fingerprint density at radius 3 is 2.44 bits per heavy atom. The second kappa shape index (κ2) is 6.76. The minimum absolute atomic E-state index is 0.120. The Morgan fingerprint density at radius 1 is 0.960 bits per heavy atom. The molecule has 3 aromatic rings. The quantitative estimate of drug-likeness (QED) is 0.434. The van der Waals surface area contributed by atoms with Crippen LogP contribution in [0.15, 0.2) is 77.9 Å². The molecule has 2 heterocycles. The molecule has 4 nitrogen and oxygen atoms in total. The number of aliphatic imine (C=N–C) groups is 1. The molecule has 1 aromatic heterocycles. The van der Waals surface area contributed by atoms with Crippen molar-refractivity contribution in [3.05, 3.63) is 84.2 Å². The normalized spacial score (nSPS) is 14.8. The van der Waals surface area contributed by atoms with Gasteiger partial charge >= 0.3 is 0 Å². The monoisotopic (exact) mass is 439 g/mol. The van der Waals surface area contributed by atoms with Crippen LogP contribution in [0.5, 0.6) is 0 Å². The number of hydrogen-bond donors (Lipinski definition) is 0. The first-order chi connectivity index (χ1) is 12.3. The molecule has 0 atom stereocenters. The molecule has 0 unspecified atom stereocenters. The number of para-hydroxylation sites is 2. The molecule has 25 heavy (non-hydrogen) atoms. The average Bonchev–Trinajstić information content (AvgIpc) is 2.95. The number of carbonyl (C=O) groups excluding carboxylic acids is 1. The van der Waals surface area contributed by atoms with Crippen LogP contribution in [0.3, 0.4) is 0 Å². The fraction of sp³-hybridized carbons (Fsp3) is 0.0500. The number of anilines is 2. The van der Waals surface area contributed by atoms with Crippen molar-refractivity contribution in [2.24, 2.45) is 4.99 Å². The molecule has 0 radical (unpaired) electrons. The Hall–Kier alpha value is -2.54. The zero-order chi connectivity index (χ0) is 17.2. The number of halogens is 1. The summed E-state index contributed by atoms with van der Waals surface area (Å²) in [6, 6.07) is 21.2. The summed E-state index contributed by atoms with van der Waals surface area (Å²) >= 11 is 2.27. The number of pyridine rings is 1. The lowest BCUT2D eigenvalue weighted by Crippen LogP contribution is -2.25. The molecule has 1 aliphatic heterocycles. The van der Waals surface area contributed by atoms with Crippen molar-refractivity contribution in [2.45, 2.75) is 4.43 Å². The van der Waals surface area contributed by atoms with Crippen molar-refractivity contribution in [2.75, 3.05) is 4.90 Å². The number of nitrogens with zero attached hydrogens (tertiary/aromatic N) is 3. The van der Waals surface area contributed by atoms with Gasteiger partial charge in [0.15, 0.2) is 0 Å². The van der Waals surface area contributed by atoms with E-state index in [2.05, 4.69) is 32.6 Å². The Kier molecular flexibility index (Phi) is 4.31. The van der Waals surface area contributed by atoms with Gasteiger partial charge in [0.25, 0.3) is 5.91 Å². The van der Waals surface area contributed by atoms with Gasteiger partial charge in [-0.25, -0.2) is 4.99 Å². The van der Waals surface area contributed by atoms with Crippen LogP contribution in [0.2, 0.25) is 0 Å². The van der Waals surface area contributed by atoms with Crippen LogP contribution in [0, 0.1) is 0 Å². The van der Waals surface area contributed by atoms with Gasteiger partial charge in [-0.2, -0.15) is 0 Å². The first-order valence-corrected chi connectivity index (χ1v) is 9.39. The molecular formula is C20H14IN3O. The van der Waals surface area contributed by atoms with Gasteiger partial charge < -0.3 is 0 Å². The van der Waals surface area contributed by atoms with Crippen LogP contribution in [0.25, 0.3) is 0 Å². The standard InChI is InChI=1S/C20H14IN3O/c21-12-14-10-11-15(13-22-14)23-19-17-8-4-5-9-18(17)24(20(19)25)16-6-2-1-3-7-16/h1-11,13H,12H2. The van der Waals surface area contributed by atoms with Crippen LogP contribution >= 0.6 is 22.6 Å². The van der Waals surface area contributed by atoms with E-state index in [-0.39, 0.29) is 5.91 Å². The Balaban J connectivity index is 1.81. The maximum Gasteiger partial charge on any atom is 0.282 e. The lowest BCUT2D eigenvalue weighted by Gasteiger charge is -2.16. The van der Waals surface area contributed by atoms with E-state index in [1.807, 2.05) is 66.7 Å². The van der Waals surface area contributed by atoms with Crippen molar-refractivity contribution in [3.8, 4) is 0 Å². The van der Waals surface area contributed by atoms with E-state index in [0.717, 1.165) is 27.1 Å². The van der Waals surface area contributed by atoms with E-state index in [9.17, 15) is 4.79 Å². The topological polar surface area (TPSA) is 45.6 Å². The first kappa shape index (κ1) is 16.0. The number of benzene rings is 2. The zero-order valence-electron chi connectivity index (χ0n) is 13.3. The lowest BCUT2D eigenvalue weighted by atomic mass is 10.1. The summed E-state index contributed by atoms with van der Waals surface area (Å²) in [7, 11) is 0. The third-order valence-electron chi connectivity index (χ3n) is 4.01. The maximum atomic E-state index is 13.1. The fourth-order valence-electron chi connectivity index (χ4n) is 2.83. The largest absolute Gasteiger partial charge is 0.282 e. The smallest absolute Gasteiger partial charge is 0.275 e. The molecule has 4 rings (SSSR count). The SMILES string of the molecule is O=C1C(=Nc2ccc(CI)nc2)c2ccccc2N1c1ccccc1. The summed E-state index contributed by atoms with van der Waals surface area (Å²) in [4.78, 5) is 23.7. The summed E-state index contributed by atoms with van der Waals surface area (Å²) in [5.41, 5.74) is 4.66. The Labute approximate surface area is 159 Å². The van der Waals surface area contributed by atoms with E-state index in [4.69, 9.17) is 0 Å². The van der Waals surface area contributed by atoms with Crippen molar-refractivity contribution in [3.63, 3.8) is 0 Å². The molecule has 1 amide bonds. The summed E-state index contributed by atoms with van der Waals surface area (Å²) in [6.45, 7) is 0. The van der Waals surface area contributed by atoms with Gasteiger partial charge in [-0.15, -0.1) is 0 Å². The van der Waals surface area contributed by atoms with E-state index in [0.29, 0.717) is 11.4 Å². The minimum atomic E-state index is -0.120. The van der Waals surface area contributed by atoms with Crippen molar-refractivity contribution < 1.29 is 4.79 Å². The highest BCUT2D eigenvalue weighted by molar-refractivity contribution is 14.1. The fourth-order valence-corrected chi connectivity index (χ4v) is 3.28. The number of fused-ring (bicyclic) bond motifs is 1. The number of rotatable bonds is 3. The predicted octanol–water partition coefficient (Wildman–Crippen LogP) is 4.82. The van der Waals surface area contributed by atoms with Gasteiger partial charge in [0.2, 0.25) is 0 Å². The third-order valence-corrected chi connectivity index (χ3v) is 4.79. The molecule has 0 saturated carbocycles. The molecule has 0 spiro atoms. The highest BCUT2D eigenvalue weighted by Gasteiger charge is 2.34. The Morgan fingerprint density at radius 2 is 1.72 bits per heavy atom. The molecule has 0 N–H and O–H groups in total. The van der Waals surface area contributed by atoms with E-state index < -0.39 is 0 Å². The second-order valence-corrected chi connectivity index (χ2v) is 6.36. The van der Waals surface area contributed by atoms with Crippen molar-refractivity contribution >= 4 is 51.3 Å². The van der Waals surface area contributed by atoms with Crippen LogP contribution < -0.4 is 4.90 Å². The van der Waals surface area contributed by atoms with Gasteiger partial charge in [0.05, 0.1) is 23.3 Å². The first-order valence-electron chi connectivity index (χ1n) is 7.86. The molecule has 0 bridgehead atoms. The van der Waals surface area contributed by atoms with E-state index >= 15 is 0 Å². The second-order valence-electron chi connectivity index (χ2n) is 5.60. The molecular weight excluding hydrogens is 425 g/mol. The van der Waals surface area contributed by atoms with Gasteiger partial charge in [0, 0.05) is 15.7 Å². The number of aromatic nitrogens is 1. The van der Waals surface area contributed by atoms with Crippen LogP contribution in [0.1, 0.15) is 11.3 Å². The third kappa shape index (κ3) is 2.95. The highest BCUT2D eigenvalue weighted by atomic mass is 127. The number of amides is 1. The molecule has 122 valence electrons. The summed E-state index contributed by atoms with van der Waals surface area (Å²) < 4.78 is 0.845. The maximum absolute atomic E-state index is 13.1. The Bertz CT molecular complexity index is 952. The molecule has 5 heteroatoms. The van der Waals surface area contributed by atoms with Gasteiger partial charge in [0.1, 0.15) is 5.71 Å². The van der Waals surface area contributed by atoms with Crippen molar-refractivity contribution in [1.29, 1.82) is 0 Å². The molecule has 0 saturated heterocycles. The van der Waals surface area contributed by atoms with Crippen LogP contribution in [-0.2, 0) is 9.22 Å². The minimum Gasteiger partial charge on any atom is -0.275 e. The zero-order valence-corrected chi connectivity index (χ0v) is 15.4. The van der Waals surface area contributed by atoms with E-state index in [1.165, 1.54) is 0 Å². The van der Waals surface area contributed by atoms with Gasteiger partial charge in [-0.1, -0.05) is 59.0 Å². The number of hydrogen-bond acceptors (Lipinski definition) is 3. The molecule has 1 aliphatic rings. The summed E-state index contributed by atoms with van der Waals surface area (Å²) in [5, 5.41) is 0. The molecule has 2 aromatic carbocycles. The predicted molar refractivity (Wildman–Crippen MR) is 108 cm³/mol.